The van der Waals surface area contributed by atoms with Crippen LogP contribution in [0.1, 0.15) is 32.2 Å². The zero-order valence-corrected chi connectivity index (χ0v) is 16.3. The Labute approximate surface area is 165 Å². The average molecular weight is 393 g/mol. The van der Waals surface area contributed by atoms with E-state index in [0.717, 1.165) is 15.8 Å². The molecule has 3 N–H and O–H groups in total. The van der Waals surface area contributed by atoms with Crippen LogP contribution in [-0.4, -0.2) is 26.2 Å². The average Bonchev–Trinajstić information content (AvgIpc) is 3.31. The summed E-state index contributed by atoms with van der Waals surface area (Å²) in [6.07, 6.45) is 0. The number of nitrogens with zero attached hydrogens (tertiary/aromatic N) is 3. The van der Waals surface area contributed by atoms with Crippen molar-refractivity contribution in [2.24, 2.45) is 12.8 Å². The van der Waals surface area contributed by atoms with Crippen LogP contribution in [0, 0.1) is 6.92 Å². The molecule has 0 atom stereocenters. The number of anilines is 1. The first kappa shape index (κ1) is 18.0. The Hall–Kier alpha value is -3.39. The van der Waals surface area contributed by atoms with E-state index >= 15 is 0 Å². The SMILES string of the molecule is Cc1nn(C)c(C(N)=O)c1NC(=O)c1cc2sccc2n1Cc1ccccc1. The van der Waals surface area contributed by atoms with Gasteiger partial charge in [-0.05, 0) is 30.0 Å². The lowest BCUT2D eigenvalue weighted by Crippen LogP contribution is -2.22. The lowest BCUT2D eigenvalue weighted by molar-refractivity contribution is 0.0992. The summed E-state index contributed by atoms with van der Waals surface area (Å²) in [5.74, 6) is -0.947. The summed E-state index contributed by atoms with van der Waals surface area (Å²) < 4.78 is 4.39. The van der Waals surface area contributed by atoms with Crippen LogP contribution in [0.4, 0.5) is 5.69 Å². The van der Waals surface area contributed by atoms with Crippen molar-refractivity contribution in [1.29, 1.82) is 0 Å². The van der Waals surface area contributed by atoms with E-state index in [-0.39, 0.29) is 11.6 Å². The minimum atomic E-state index is -0.640. The van der Waals surface area contributed by atoms with Gasteiger partial charge >= 0.3 is 0 Å². The fourth-order valence-corrected chi connectivity index (χ4v) is 4.19. The lowest BCUT2D eigenvalue weighted by atomic mass is 10.2. The van der Waals surface area contributed by atoms with Gasteiger partial charge in [-0.25, -0.2) is 0 Å². The topological polar surface area (TPSA) is 94.9 Å². The Morgan fingerprint density at radius 2 is 1.96 bits per heavy atom. The molecule has 3 aromatic heterocycles. The molecule has 28 heavy (non-hydrogen) atoms. The molecule has 3 heterocycles. The summed E-state index contributed by atoms with van der Waals surface area (Å²) in [6, 6.07) is 13.8. The highest BCUT2D eigenvalue weighted by atomic mass is 32.1. The molecule has 1 aromatic carbocycles. The second kappa shape index (κ2) is 6.97. The zero-order chi connectivity index (χ0) is 19.8. The predicted octanol–water partition coefficient (Wildman–Crippen LogP) is 3.14. The van der Waals surface area contributed by atoms with E-state index in [9.17, 15) is 9.59 Å². The molecular weight excluding hydrogens is 374 g/mol. The number of nitrogens with one attached hydrogen (secondary N) is 1. The Morgan fingerprint density at radius 1 is 1.21 bits per heavy atom. The molecule has 4 rings (SSSR count). The van der Waals surface area contributed by atoms with Gasteiger partial charge in [0.1, 0.15) is 11.4 Å². The van der Waals surface area contributed by atoms with Gasteiger partial charge in [-0.15, -0.1) is 11.3 Å². The number of fused-ring (bicyclic) bond motifs is 1. The van der Waals surface area contributed by atoms with Crippen LogP contribution in [0.3, 0.4) is 0 Å². The van der Waals surface area contributed by atoms with Gasteiger partial charge in [-0.1, -0.05) is 30.3 Å². The van der Waals surface area contributed by atoms with Crippen molar-refractivity contribution in [3.63, 3.8) is 0 Å². The van der Waals surface area contributed by atoms with E-state index in [1.54, 1.807) is 25.3 Å². The van der Waals surface area contributed by atoms with Gasteiger partial charge in [0, 0.05) is 13.6 Å². The van der Waals surface area contributed by atoms with Gasteiger partial charge in [0.2, 0.25) is 0 Å². The minimum Gasteiger partial charge on any atom is -0.364 e. The van der Waals surface area contributed by atoms with Crippen molar-refractivity contribution >= 4 is 39.1 Å². The van der Waals surface area contributed by atoms with Crippen LogP contribution in [0.5, 0.6) is 0 Å². The first-order chi connectivity index (χ1) is 13.5. The molecule has 2 amide bonds. The smallest absolute Gasteiger partial charge is 0.272 e. The summed E-state index contributed by atoms with van der Waals surface area (Å²) in [4.78, 5) is 24.9. The number of hydrogen-bond donors (Lipinski definition) is 2. The van der Waals surface area contributed by atoms with Crippen LogP contribution in [0.25, 0.3) is 10.2 Å². The van der Waals surface area contributed by atoms with Crippen molar-refractivity contribution in [3.05, 3.63) is 70.5 Å². The third kappa shape index (κ3) is 3.07. The summed E-state index contributed by atoms with van der Waals surface area (Å²) in [7, 11) is 1.62. The van der Waals surface area contributed by atoms with E-state index in [1.165, 1.54) is 4.68 Å². The Balaban J connectivity index is 1.74. The molecule has 7 nitrogen and oxygen atoms in total. The Kier molecular flexibility index (Phi) is 4.48. The monoisotopic (exact) mass is 393 g/mol. The fraction of sp³-hybridized carbons (Fsp3) is 0.150. The van der Waals surface area contributed by atoms with E-state index in [4.69, 9.17) is 5.73 Å². The molecule has 0 bridgehead atoms. The van der Waals surface area contributed by atoms with Gasteiger partial charge < -0.3 is 15.6 Å². The molecule has 0 aliphatic rings. The largest absolute Gasteiger partial charge is 0.364 e. The van der Waals surface area contributed by atoms with Crippen molar-refractivity contribution < 1.29 is 9.59 Å². The van der Waals surface area contributed by atoms with Gasteiger partial charge in [0.25, 0.3) is 11.8 Å². The van der Waals surface area contributed by atoms with E-state index in [0.29, 0.717) is 23.6 Å². The van der Waals surface area contributed by atoms with Crippen LogP contribution >= 0.6 is 11.3 Å². The number of aryl methyl sites for hydroxylation is 2. The molecule has 0 aliphatic heterocycles. The Morgan fingerprint density at radius 3 is 2.68 bits per heavy atom. The van der Waals surface area contributed by atoms with E-state index in [1.807, 2.05) is 52.4 Å². The summed E-state index contributed by atoms with van der Waals surface area (Å²) in [5, 5.41) is 9.04. The number of rotatable bonds is 5. The number of thiophene rings is 1. The molecule has 0 saturated carbocycles. The number of carbonyl (C=O) groups excluding carboxylic acids is 2. The fourth-order valence-electron chi connectivity index (χ4n) is 3.37. The predicted molar refractivity (Wildman–Crippen MR) is 110 cm³/mol. The van der Waals surface area contributed by atoms with Gasteiger partial charge in [0.05, 0.1) is 21.6 Å². The van der Waals surface area contributed by atoms with Gasteiger partial charge in [-0.2, -0.15) is 5.10 Å². The first-order valence-electron chi connectivity index (χ1n) is 8.71. The van der Waals surface area contributed by atoms with Crippen LogP contribution in [-0.2, 0) is 13.6 Å². The standard InChI is InChI=1S/C20H19N5O2S/c1-12-17(18(19(21)26)24(2)23-12)22-20(27)15-10-16-14(8-9-28-16)25(15)11-13-6-4-3-5-7-13/h3-10H,11H2,1-2H3,(H2,21,26)(H,22,27). The highest BCUT2D eigenvalue weighted by Gasteiger charge is 2.23. The van der Waals surface area contributed by atoms with Crippen LogP contribution in [0.2, 0.25) is 0 Å². The highest BCUT2D eigenvalue weighted by molar-refractivity contribution is 7.17. The summed E-state index contributed by atoms with van der Waals surface area (Å²) in [6.45, 7) is 2.29. The molecular formula is C20H19N5O2S. The normalized spacial score (nSPS) is 11.1. The van der Waals surface area contributed by atoms with Crippen molar-refractivity contribution in [3.8, 4) is 0 Å². The summed E-state index contributed by atoms with van der Waals surface area (Å²) in [5.41, 5.74) is 9.13. The van der Waals surface area contributed by atoms with Gasteiger partial charge in [0.15, 0.2) is 0 Å². The summed E-state index contributed by atoms with van der Waals surface area (Å²) >= 11 is 1.58. The number of carbonyl (C=O) groups is 2. The maximum absolute atomic E-state index is 13.1. The van der Waals surface area contributed by atoms with Crippen LogP contribution < -0.4 is 11.1 Å². The third-order valence-electron chi connectivity index (χ3n) is 4.63. The van der Waals surface area contributed by atoms with E-state index in [2.05, 4.69) is 10.4 Å². The molecule has 8 heteroatoms. The number of aromatic nitrogens is 3. The third-order valence-corrected chi connectivity index (χ3v) is 5.49. The minimum absolute atomic E-state index is 0.175. The molecule has 0 fully saturated rings. The van der Waals surface area contributed by atoms with Crippen LogP contribution in [0.15, 0.2) is 47.8 Å². The number of benzene rings is 1. The van der Waals surface area contributed by atoms with Crippen molar-refractivity contribution in [1.82, 2.24) is 14.3 Å². The molecule has 0 radical (unpaired) electrons. The van der Waals surface area contributed by atoms with Crippen molar-refractivity contribution in [2.75, 3.05) is 5.32 Å². The van der Waals surface area contributed by atoms with E-state index < -0.39 is 5.91 Å². The number of amides is 2. The number of primary amides is 1. The second-order valence-corrected chi connectivity index (χ2v) is 7.47. The molecule has 0 spiro atoms. The molecule has 0 unspecified atom stereocenters. The molecule has 0 saturated heterocycles. The number of nitrogens with two attached hydrogens (primary N) is 1. The molecule has 4 aromatic rings. The zero-order valence-electron chi connectivity index (χ0n) is 15.5. The van der Waals surface area contributed by atoms with Crippen molar-refractivity contribution in [2.45, 2.75) is 13.5 Å². The quantitative estimate of drug-likeness (QED) is 0.545. The number of hydrogen-bond acceptors (Lipinski definition) is 4. The second-order valence-electron chi connectivity index (χ2n) is 6.52. The lowest BCUT2D eigenvalue weighted by Gasteiger charge is -2.11. The molecule has 0 aliphatic carbocycles. The maximum atomic E-state index is 13.1. The maximum Gasteiger partial charge on any atom is 0.272 e. The highest BCUT2D eigenvalue weighted by Crippen LogP contribution is 2.28. The first-order valence-corrected chi connectivity index (χ1v) is 9.59. The van der Waals surface area contributed by atoms with Gasteiger partial charge in [-0.3, -0.25) is 14.3 Å². The Bertz CT molecular complexity index is 1190. The molecule has 142 valence electrons.